The molecule has 0 aliphatic heterocycles. The number of benzene rings is 2. The fourth-order valence-corrected chi connectivity index (χ4v) is 1.83. The van der Waals surface area contributed by atoms with Crippen molar-refractivity contribution in [3.8, 4) is 11.5 Å². The Kier molecular flexibility index (Phi) is 5.93. The Hall–Kier alpha value is -2.00. The average molecular weight is 271 g/mol. The van der Waals surface area contributed by atoms with Gasteiger partial charge in [0.2, 0.25) is 0 Å². The molecule has 106 valence electrons. The van der Waals surface area contributed by atoms with Crippen molar-refractivity contribution in [2.24, 2.45) is 0 Å². The van der Waals surface area contributed by atoms with Crippen LogP contribution >= 0.6 is 0 Å². The highest BCUT2D eigenvalue weighted by Crippen LogP contribution is 2.27. The van der Waals surface area contributed by atoms with E-state index in [1.807, 2.05) is 42.5 Å². The van der Waals surface area contributed by atoms with E-state index in [0.717, 1.165) is 30.2 Å². The number of likely N-dealkylation sites (N-methyl/N-ethyl adjacent to an activating group) is 1. The molecule has 0 aliphatic rings. The molecule has 0 unspecified atom stereocenters. The van der Waals surface area contributed by atoms with E-state index in [9.17, 15) is 0 Å². The van der Waals surface area contributed by atoms with Crippen LogP contribution in [-0.2, 0) is 6.61 Å². The molecule has 0 atom stereocenters. The molecule has 3 heteroatoms. The van der Waals surface area contributed by atoms with Gasteiger partial charge in [0.05, 0.1) is 0 Å². The molecule has 2 aromatic rings. The number of rotatable bonds is 8. The number of ether oxygens (including phenoxy) is 2. The first kappa shape index (κ1) is 14.4. The van der Waals surface area contributed by atoms with E-state index >= 15 is 0 Å². The number of hydrogen-bond acceptors (Lipinski definition) is 3. The molecule has 0 saturated carbocycles. The predicted molar refractivity (Wildman–Crippen MR) is 81.3 cm³/mol. The lowest BCUT2D eigenvalue weighted by atomic mass is 10.2. The minimum atomic E-state index is 0.550. The van der Waals surface area contributed by atoms with Gasteiger partial charge >= 0.3 is 0 Å². The maximum absolute atomic E-state index is 5.83. The molecule has 0 aliphatic carbocycles. The van der Waals surface area contributed by atoms with E-state index in [1.54, 1.807) is 0 Å². The quantitative estimate of drug-likeness (QED) is 0.748. The van der Waals surface area contributed by atoms with Crippen LogP contribution in [0.25, 0.3) is 0 Å². The third-order valence-corrected chi connectivity index (χ3v) is 2.87. The lowest BCUT2D eigenvalue weighted by Gasteiger charge is -2.12. The fraction of sp³-hybridized carbons (Fsp3) is 0.294. The van der Waals surface area contributed by atoms with Crippen molar-refractivity contribution >= 4 is 0 Å². The Labute approximate surface area is 120 Å². The summed E-state index contributed by atoms with van der Waals surface area (Å²) in [7, 11) is 0. The molecule has 2 aromatic carbocycles. The van der Waals surface area contributed by atoms with Crippen molar-refractivity contribution < 1.29 is 9.47 Å². The molecule has 0 fully saturated rings. The molecule has 0 amide bonds. The Morgan fingerprint density at radius 3 is 2.20 bits per heavy atom. The smallest absolute Gasteiger partial charge is 0.161 e. The first-order valence-corrected chi connectivity index (χ1v) is 6.99. The number of para-hydroxylation sites is 2. The standard InChI is InChI=1S/C17H21NO2/c1-2-18-12-13-19-16-10-6-7-11-17(16)20-14-15-8-4-3-5-9-15/h3-11,18H,2,12-14H2,1H3. The molecule has 2 rings (SSSR count). The minimum absolute atomic E-state index is 0.550. The van der Waals surface area contributed by atoms with E-state index in [-0.39, 0.29) is 0 Å². The van der Waals surface area contributed by atoms with E-state index in [2.05, 4.69) is 24.4 Å². The second-order valence-electron chi connectivity index (χ2n) is 4.42. The van der Waals surface area contributed by atoms with E-state index in [0.29, 0.717) is 13.2 Å². The zero-order valence-corrected chi connectivity index (χ0v) is 11.8. The lowest BCUT2D eigenvalue weighted by molar-refractivity contribution is 0.261. The zero-order chi connectivity index (χ0) is 14.0. The molecule has 0 spiro atoms. The zero-order valence-electron chi connectivity index (χ0n) is 11.8. The highest BCUT2D eigenvalue weighted by atomic mass is 16.5. The van der Waals surface area contributed by atoms with Crippen molar-refractivity contribution in [2.75, 3.05) is 19.7 Å². The summed E-state index contributed by atoms with van der Waals surface area (Å²) in [5.41, 5.74) is 1.15. The summed E-state index contributed by atoms with van der Waals surface area (Å²) in [6, 6.07) is 17.9. The summed E-state index contributed by atoms with van der Waals surface area (Å²) in [6.07, 6.45) is 0. The average Bonchev–Trinajstić information content (AvgIpc) is 2.51. The molecule has 0 heterocycles. The van der Waals surface area contributed by atoms with Gasteiger partial charge in [-0.2, -0.15) is 0 Å². The number of hydrogen-bond donors (Lipinski definition) is 1. The van der Waals surface area contributed by atoms with Crippen LogP contribution in [0.1, 0.15) is 12.5 Å². The summed E-state index contributed by atoms with van der Waals surface area (Å²) in [6.45, 7) is 5.06. The van der Waals surface area contributed by atoms with Crippen molar-refractivity contribution in [2.45, 2.75) is 13.5 Å². The molecule has 1 N–H and O–H groups in total. The third kappa shape index (κ3) is 4.59. The van der Waals surface area contributed by atoms with E-state index in [1.165, 1.54) is 0 Å². The van der Waals surface area contributed by atoms with Crippen molar-refractivity contribution in [1.82, 2.24) is 5.32 Å². The maximum atomic E-state index is 5.83. The first-order chi connectivity index (χ1) is 9.90. The topological polar surface area (TPSA) is 30.5 Å². The van der Waals surface area contributed by atoms with Crippen LogP contribution in [0.5, 0.6) is 11.5 Å². The SMILES string of the molecule is CCNCCOc1ccccc1OCc1ccccc1. The fourth-order valence-electron chi connectivity index (χ4n) is 1.83. The van der Waals surface area contributed by atoms with Gasteiger partial charge in [-0.3, -0.25) is 0 Å². The second-order valence-corrected chi connectivity index (χ2v) is 4.42. The van der Waals surface area contributed by atoms with Gasteiger partial charge in [0.1, 0.15) is 13.2 Å². The van der Waals surface area contributed by atoms with Crippen LogP contribution in [0.3, 0.4) is 0 Å². The molecular formula is C17H21NO2. The number of nitrogens with one attached hydrogen (secondary N) is 1. The second kappa shape index (κ2) is 8.23. The van der Waals surface area contributed by atoms with Gasteiger partial charge in [0.15, 0.2) is 11.5 Å². The van der Waals surface area contributed by atoms with Crippen LogP contribution in [0, 0.1) is 0 Å². The summed E-state index contributed by atoms with van der Waals surface area (Å²) in [5, 5.41) is 3.23. The largest absolute Gasteiger partial charge is 0.488 e. The molecular weight excluding hydrogens is 250 g/mol. The van der Waals surface area contributed by atoms with Crippen molar-refractivity contribution in [1.29, 1.82) is 0 Å². The first-order valence-electron chi connectivity index (χ1n) is 6.99. The predicted octanol–water partition coefficient (Wildman–Crippen LogP) is 3.25. The van der Waals surface area contributed by atoms with E-state index in [4.69, 9.17) is 9.47 Å². The molecule has 0 bridgehead atoms. The van der Waals surface area contributed by atoms with Gasteiger partial charge in [-0.05, 0) is 24.2 Å². The third-order valence-electron chi connectivity index (χ3n) is 2.87. The summed E-state index contributed by atoms with van der Waals surface area (Å²) >= 11 is 0. The molecule has 3 nitrogen and oxygen atoms in total. The molecule has 20 heavy (non-hydrogen) atoms. The molecule has 0 radical (unpaired) electrons. The Bertz CT molecular complexity index is 499. The summed E-state index contributed by atoms with van der Waals surface area (Å²) in [5.74, 6) is 1.58. The van der Waals surface area contributed by atoms with Crippen LogP contribution in [0.4, 0.5) is 0 Å². The Morgan fingerprint density at radius 1 is 0.850 bits per heavy atom. The van der Waals surface area contributed by atoms with Gasteiger partial charge in [-0.25, -0.2) is 0 Å². The minimum Gasteiger partial charge on any atom is -0.488 e. The lowest BCUT2D eigenvalue weighted by Crippen LogP contribution is -2.20. The Morgan fingerprint density at radius 2 is 1.50 bits per heavy atom. The normalized spacial score (nSPS) is 10.2. The molecule has 0 aromatic heterocycles. The summed E-state index contributed by atoms with van der Waals surface area (Å²) < 4.78 is 11.6. The van der Waals surface area contributed by atoms with Crippen molar-refractivity contribution in [3.05, 3.63) is 60.2 Å². The van der Waals surface area contributed by atoms with E-state index < -0.39 is 0 Å². The van der Waals surface area contributed by atoms with Crippen LogP contribution in [-0.4, -0.2) is 19.7 Å². The van der Waals surface area contributed by atoms with Crippen LogP contribution < -0.4 is 14.8 Å². The monoisotopic (exact) mass is 271 g/mol. The van der Waals surface area contributed by atoms with Gasteiger partial charge in [-0.1, -0.05) is 49.4 Å². The highest BCUT2D eigenvalue weighted by Gasteiger charge is 2.04. The summed E-state index contributed by atoms with van der Waals surface area (Å²) in [4.78, 5) is 0. The van der Waals surface area contributed by atoms with Crippen LogP contribution in [0.2, 0.25) is 0 Å². The maximum Gasteiger partial charge on any atom is 0.161 e. The molecule has 0 saturated heterocycles. The van der Waals surface area contributed by atoms with Crippen molar-refractivity contribution in [3.63, 3.8) is 0 Å². The van der Waals surface area contributed by atoms with Crippen LogP contribution in [0.15, 0.2) is 54.6 Å². The van der Waals surface area contributed by atoms with Gasteiger partial charge in [0, 0.05) is 6.54 Å². The highest BCUT2D eigenvalue weighted by molar-refractivity contribution is 5.39. The van der Waals surface area contributed by atoms with Gasteiger partial charge in [0.25, 0.3) is 0 Å². The Balaban J connectivity index is 1.90. The van der Waals surface area contributed by atoms with Gasteiger partial charge < -0.3 is 14.8 Å². The van der Waals surface area contributed by atoms with Gasteiger partial charge in [-0.15, -0.1) is 0 Å².